The molecule has 0 radical (unpaired) electrons. The fourth-order valence-electron chi connectivity index (χ4n) is 3.78. The third kappa shape index (κ3) is 14.7. The van der Waals surface area contributed by atoms with Gasteiger partial charge in [0.05, 0.1) is 5.35 Å². The van der Waals surface area contributed by atoms with E-state index in [0.717, 1.165) is 23.8 Å². The lowest BCUT2D eigenvalue weighted by atomic mass is 10.1. The Morgan fingerprint density at radius 2 is 1.56 bits per heavy atom. The maximum absolute atomic E-state index is 12.8. The van der Waals surface area contributed by atoms with E-state index >= 15 is 0 Å². The van der Waals surface area contributed by atoms with Gasteiger partial charge < -0.3 is 20.5 Å². The van der Waals surface area contributed by atoms with Crippen molar-refractivity contribution < 1.29 is 9.84 Å². The number of phenols is 1. The molecule has 0 unspecified atom stereocenters. The number of hydrogen-bond donors (Lipinski definition) is 3. The maximum atomic E-state index is 12.8. The lowest BCUT2D eigenvalue weighted by molar-refractivity contribution is 0.371. The Kier molecular flexibility index (Phi) is 22.4. The van der Waals surface area contributed by atoms with Gasteiger partial charge in [-0.25, -0.2) is 4.79 Å². The Bertz CT molecular complexity index is 1430. The van der Waals surface area contributed by atoms with E-state index in [-0.39, 0.29) is 5.75 Å². The summed E-state index contributed by atoms with van der Waals surface area (Å²) < 4.78 is 7.08. The molecule has 4 rings (SSSR count). The van der Waals surface area contributed by atoms with Gasteiger partial charge in [0, 0.05) is 10.9 Å². The average Bonchev–Trinajstić information content (AvgIpc) is 3.24. The lowest BCUT2D eigenvalue weighted by Gasteiger charge is -2.13. The molecule has 7 heteroatoms. The van der Waals surface area contributed by atoms with Crippen LogP contribution in [0.25, 0.3) is 17.8 Å². The summed E-state index contributed by atoms with van der Waals surface area (Å²) in [5, 5.41) is 17.7. The highest BCUT2D eigenvalue weighted by molar-refractivity contribution is 5.59. The van der Waals surface area contributed by atoms with Crippen molar-refractivity contribution in [3.05, 3.63) is 86.4 Å². The van der Waals surface area contributed by atoms with Gasteiger partial charge >= 0.3 is 5.69 Å². The van der Waals surface area contributed by atoms with Crippen LogP contribution < -0.4 is 31.6 Å². The summed E-state index contributed by atoms with van der Waals surface area (Å²) in [4.78, 5) is 17.0. The number of ether oxygens (including phenoxy) is 1. The number of anilines is 1. The van der Waals surface area contributed by atoms with E-state index in [1.165, 1.54) is 47.4 Å². The summed E-state index contributed by atoms with van der Waals surface area (Å²) in [5.74, 6) is 0.919. The molecule has 1 aromatic heterocycles. The van der Waals surface area contributed by atoms with Crippen LogP contribution in [0, 0.1) is 6.92 Å². The van der Waals surface area contributed by atoms with Crippen molar-refractivity contribution in [3.8, 4) is 17.2 Å². The zero-order valence-electron chi connectivity index (χ0n) is 29.9. The predicted molar refractivity (Wildman–Crippen MR) is 195 cm³/mol. The molecule has 0 saturated heterocycles. The molecule has 0 saturated carbocycles. The first kappa shape index (κ1) is 41.2. The standard InChI is InChI=1S/C19H21N3O3.C9H12.2C4H10.C2H7N/c1-4-7-12(3)20-18-13(5-2)14-10-11-25-16-9-6-8-15(23)17(16)22(14)19(24)21-18;1-3-9-6-4-8(2)5-7-9;2*1-3-4-2;1-3-2/h5-10,23H,4,11H2,1-3H3,(H,20,21,24);4-7H,3H2,1-2H3;2*3-4H2,1-2H3;3H,1-2H3/b12-7-,13-5-;;;;. The molecule has 7 nitrogen and oxygen atoms in total. The molecule has 0 fully saturated rings. The number of aromatic hydroxyl groups is 1. The molecule has 3 N–H and O–H groups in total. The molecular weight excluding hydrogens is 560 g/mol. The monoisotopic (exact) mass is 620 g/mol. The number of phenolic OH excluding ortho intramolecular Hbond substituents is 1. The van der Waals surface area contributed by atoms with Gasteiger partial charge in [-0.15, -0.1) is 0 Å². The van der Waals surface area contributed by atoms with Gasteiger partial charge in [-0.05, 0) is 71.5 Å². The normalized spacial score (nSPS) is 11.4. The number of rotatable bonds is 6. The van der Waals surface area contributed by atoms with E-state index in [4.69, 9.17) is 4.74 Å². The largest absolute Gasteiger partial charge is 0.506 e. The van der Waals surface area contributed by atoms with Gasteiger partial charge in [-0.2, -0.15) is 4.98 Å². The molecule has 0 aliphatic carbocycles. The fraction of sp³-hybridized carbons (Fsp3) is 0.474. The number of para-hydroxylation sites is 1. The number of aryl methyl sites for hydroxylation is 2. The van der Waals surface area contributed by atoms with Crippen LogP contribution in [0.15, 0.2) is 59.0 Å². The molecule has 250 valence electrons. The molecule has 0 atom stereocenters. The number of fused-ring (bicyclic) bond motifs is 3. The summed E-state index contributed by atoms with van der Waals surface area (Å²) in [7, 11) is 3.75. The smallest absolute Gasteiger partial charge is 0.354 e. The number of hydrogen-bond acceptors (Lipinski definition) is 6. The molecule has 0 amide bonds. The van der Waals surface area contributed by atoms with E-state index in [2.05, 4.69) is 81.4 Å². The highest BCUT2D eigenvalue weighted by atomic mass is 16.5. The second kappa shape index (κ2) is 24.5. The van der Waals surface area contributed by atoms with Crippen molar-refractivity contribution in [2.45, 2.75) is 101 Å². The third-order valence-electron chi connectivity index (χ3n) is 6.53. The van der Waals surface area contributed by atoms with Crippen LogP contribution in [0.2, 0.25) is 0 Å². The van der Waals surface area contributed by atoms with Crippen molar-refractivity contribution >= 4 is 18.0 Å². The van der Waals surface area contributed by atoms with Crippen LogP contribution in [0.4, 0.5) is 5.82 Å². The Morgan fingerprint density at radius 3 is 2.04 bits per heavy atom. The van der Waals surface area contributed by atoms with Gasteiger partial charge in [0.25, 0.3) is 0 Å². The molecule has 0 spiro atoms. The number of nitrogens with zero attached hydrogens (tertiary/aromatic N) is 2. The van der Waals surface area contributed by atoms with Crippen LogP contribution in [-0.2, 0) is 6.42 Å². The molecule has 2 aromatic carbocycles. The molecule has 0 bridgehead atoms. The molecule has 2 heterocycles. The molecule has 1 aliphatic heterocycles. The number of aromatic nitrogens is 2. The SMILES string of the molecule is C/C=c1\c(N/C(C)=C\CC)nc(=O)n2c1=CCOc1cccc(O)c1-2.CCCC.CCCC.CCc1ccc(C)cc1.CNC. The van der Waals surface area contributed by atoms with Crippen molar-refractivity contribution in [3.63, 3.8) is 0 Å². The van der Waals surface area contributed by atoms with Crippen molar-refractivity contribution in [2.24, 2.45) is 0 Å². The minimum absolute atomic E-state index is 0.0252. The molecule has 1 aliphatic rings. The van der Waals surface area contributed by atoms with Gasteiger partial charge in [0.15, 0.2) is 0 Å². The average molecular weight is 621 g/mol. The van der Waals surface area contributed by atoms with E-state index < -0.39 is 5.69 Å². The number of nitrogens with one attached hydrogen (secondary N) is 2. The van der Waals surface area contributed by atoms with Crippen LogP contribution in [0.5, 0.6) is 11.5 Å². The zero-order valence-corrected chi connectivity index (χ0v) is 29.9. The van der Waals surface area contributed by atoms with Gasteiger partial charge in [-0.3, -0.25) is 4.57 Å². The summed E-state index contributed by atoms with van der Waals surface area (Å²) in [6, 6.07) is 13.6. The van der Waals surface area contributed by atoms with Crippen LogP contribution in [-0.4, -0.2) is 35.4 Å². The summed E-state index contributed by atoms with van der Waals surface area (Å²) >= 11 is 0. The topological polar surface area (TPSA) is 88.4 Å². The minimum Gasteiger partial charge on any atom is -0.506 e. The Labute approximate surface area is 272 Å². The highest BCUT2D eigenvalue weighted by Crippen LogP contribution is 2.30. The number of unbranched alkanes of at least 4 members (excludes halogenated alkanes) is 2. The summed E-state index contributed by atoms with van der Waals surface area (Å²) in [5.41, 5.74) is 3.53. The zero-order chi connectivity index (χ0) is 34.2. The predicted octanol–water partition coefficient (Wildman–Crippen LogP) is 7.64. The Balaban J connectivity index is 0.000000789. The third-order valence-corrected chi connectivity index (χ3v) is 6.53. The molecular formula is C38H60N4O3. The van der Waals surface area contributed by atoms with Crippen molar-refractivity contribution in [1.29, 1.82) is 0 Å². The first-order valence-electron chi connectivity index (χ1n) is 16.5. The maximum Gasteiger partial charge on any atom is 0.354 e. The van der Waals surface area contributed by atoms with Gasteiger partial charge in [0.2, 0.25) is 0 Å². The summed E-state index contributed by atoms with van der Waals surface area (Å²) in [6.07, 6.45) is 13.0. The van der Waals surface area contributed by atoms with E-state index in [1.807, 2.05) is 53.1 Å². The Morgan fingerprint density at radius 1 is 0.978 bits per heavy atom. The molecule has 45 heavy (non-hydrogen) atoms. The van der Waals surface area contributed by atoms with E-state index in [1.54, 1.807) is 12.1 Å². The quantitative estimate of drug-likeness (QED) is 0.263. The summed E-state index contributed by atoms with van der Waals surface area (Å²) in [6.45, 7) is 19.2. The highest BCUT2D eigenvalue weighted by Gasteiger charge is 2.19. The number of benzene rings is 2. The fourth-order valence-corrected chi connectivity index (χ4v) is 3.78. The van der Waals surface area contributed by atoms with E-state index in [0.29, 0.717) is 29.2 Å². The van der Waals surface area contributed by atoms with Crippen LogP contribution in [0.3, 0.4) is 0 Å². The lowest BCUT2D eigenvalue weighted by Crippen LogP contribution is -2.45. The molecule has 3 aromatic rings. The second-order valence-electron chi connectivity index (χ2n) is 10.6. The van der Waals surface area contributed by atoms with Crippen LogP contribution >= 0.6 is 0 Å². The van der Waals surface area contributed by atoms with Crippen LogP contribution in [0.1, 0.15) is 98.6 Å². The first-order chi connectivity index (χ1) is 21.6. The van der Waals surface area contributed by atoms with Gasteiger partial charge in [0.1, 0.15) is 29.6 Å². The Hall–Kier alpha value is -3.84. The van der Waals surface area contributed by atoms with Crippen molar-refractivity contribution in [1.82, 2.24) is 14.9 Å². The first-order valence-corrected chi connectivity index (χ1v) is 16.5. The van der Waals surface area contributed by atoms with E-state index in [9.17, 15) is 9.90 Å². The number of allylic oxidation sites excluding steroid dienone is 2. The van der Waals surface area contributed by atoms with Gasteiger partial charge in [-0.1, -0.05) is 115 Å². The minimum atomic E-state index is -0.475. The second-order valence-corrected chi connectivity index (χ2v) is 10.6. The van der Waals surface area contributed by atoms with Crippen molar-refractivity contribution in [2.75, 3.05) is 26.0 Å².